The number of rotatable bonds is 6. The first-order valence-electron chi connectivity index (χ1n) is 8.36. The largest absolute Gasteiger partial charge is 0.325 e. The number of urea groups is 1. The van der Waals surface area contributed by atoms with Gasteiger partial charge in [-0.2, -0.15) is 0 Å². The molecule has 2 aromatic rings. The molecule has 1 aliphatic heterocycles. The first-order valence-corrected chi connectivity index (χ1v) is 9.24. The molecule has 1 aromatic carbocycles. The lowest BCUT2D eigenvalue weighted by atomic mass is 10.0. The summed E-state index contributed by atoms with van der Waals surface area (Å²) in [7, 11) is 0. The van der Waals surface area contributed by atoms with E-state index < -0.39 is 29.9 Å². The van der Waals surface area contributed by atoms with Crippen LogP contribution in [-0.4, -0.2) is 33.8 Å². The average molecular weight is 372 g/mol. The Kier molecular flexibility index (Phi) is 5.32. The van der Waals surface area contributed by atoms with E-state index in [1.807, 2.05) is 19.9 Å². The van der Waals surface area contributed by atoms with Crippen molar-refractivity contribution in [3.8, 4) is 0 Å². The van der Waals surface area contributed by atoms with E-state index in [1.165, 1.54) is 11.3 Å². The Morgan fingerprint density at radius 3 is 2.65 bits per heavy atom. The molecule has 0 aliphatic carbocycles. The number of carbonyl (C=O) groups excluding carboxylic acids is 3. The number of imide groups is 1. The molecule has 1 aliphatic rings. The summed E-state index contributed by atoms with van der Waals surface area (Å²) in [4.78, 5) is 43.2. The number of anilines is 1. The van der Waals surface area contributed by atoms with E-state index >= 15 is 0 Å². The summed E-state index contributed by atoms with van der Waals surface area (Å²) >= 11 is 1.28. The van der Waals surface area contributed by atoms with Gasteiger partial charge in [0.05, 0.1) is 0 Å². The Labute approximate surface area is 155 Å². The number of amides is 4. The van der Waals surface area contributed by atoms with Crippen molar-refractivity contribution in [3.05, 3.63) is 47.5 Å². The summed E-state index contributed by atoms with van der Waals surface area (Å²) in [5.74, 6) is -0.703. The molecule has 0 saturated carbocycles. The van der Waals surface area contributed by atoms with Crippen LogP contribution in [0, 0.1) is 5.92 Å². The minimum Gasteiger partial charge on any atom is -0.322 e. The minimum absolute atomic E-state index is 0.124. The highest BCUT2D eigenvalue weighted by molar-refractivity contribution is 7.13. The topological polar surface area (TPSA) is 91.4 Å². The maximum atomic E-state index is 12.9. The van der Waals surface area contributed by atoms with Gasteiger partial charge in [0.1, 0.15) is 12.1 Å². The van der Waals surface area contributed by atoms with Gasteiger partial charge in [-0.15, -0.1) is 11.3 Å². The third-order valence-electron chi connectivity index (χ3n) is 4.08. The van der Waals surface area contributed by atoms with Gasteiger partial charge in [-0.1, -0.05) is 44.2 Å². The van der Waals surface area contributed by atoms with Crippen molar-refractivity contribution in [3.63, 3.8) is 0 Å². The van der Waals surface area contributed by atoms with Crippen LogP contribution >= 0.6 is 11.3 Å². The number of aromatic nitrogens is 1. The molecule has 0 bridgehead atoms. The lowest BCUT2D eigenvalue weighted by Crippen LogP contribution is -2.48. The number of hydrogen-bond donors (Lipinski definition) is 2. The monoisotopic (exact) mass is 372 g/mol. The van der Waals surface area contributed by atoms with Crippen LogP contribution < -0.4 is 10.6 Å². The summed E-state index contributed by atoms with van der Waals surface area (Å²) in [6, 6.07) is 6.79. The molecule has 2 heterocycles. The predicted octanol–water partition coefficient (Wildman–Crippen LogP) is 2.79. The molecule has 2 N–H and O–H groups in total. The summed E-state index contributed by atoms with van der Waals surface area (Å²) in [6.07, 6.45) is 1.95. The predicted molar refractivity (Wildman–Crippen MR) is 98.5 cm³/mol. The van der Waals surface area contributed by atoms with E-state index in [0.717, 1.165) is 4.90 Å². The minimum atomic E-state index is -0.889. The van der Waals surface area contributed by atoms with Crippen LogP contribution in [0.5, 0.6) is 0 Å². The fraction of sp³-hybridized carbons (Fsp3) is 0.333. The Morgan fingerprint density at radius 1 is 1.31 bits per heavy atom. The lowest BCUT2D eigenvalue weighted by molar-refractivity contribution is -0.134. The van der Waals surface area contributed by atoms with E-state index in [4.69, 9.17) is 0 Å². The molecule has 7 nitrogen and oxygen atoms in total. The fourth-order valence-electron chi connectivity index (χ4n) is 2.91. The van der Waals surface area contributed by atoms with Gasteiger partial charge in [0, 0.05) is 11.6 Å². The SMILES string of the molecule is CC(C)C[C@H](C(=O)Nc1nccs1)N1C(=O)N[C@@H](c2ccccc2)C1=O. The second-order valence-corrected chi connectivity index (χ2v) is 7.37. The molecule has 1 fully saturated rings. The zero-order chi connectivity index (χ0) is 18.7. The second-order valence-electron chi connectivity index (χ2n) is 6.47. The normalized spacial score (nSPS) is 18.1. The Hall–Kier alpha value is -2.74. The van der Waals surface area contributed by atoms with Crippen LogP contribution in [0.4, 0.5) is 9.93 Å². The van der Waals surface area contributed by atoms with Gasteiger partial charge in [-0.25, -0.2) is 14.7 Å². The summed E-state index contributed by atoms with van der Waals surface area (Å²) in [5.41, 5.74) is 0.692. The molecular weight excluding hydrogens is 352 g/mol. The zero-order valence-electron chi connectivity index (χ0n) is 14.5. The first-order chi connectivity index (χ1) is 12.5. The fourth-order valence-corrected chi connectivity index (χ4v) is 3.44. The number of thiazole rings is 1. The number of nitrogens with one attached hydrogen (secondary N) is 2. The van der Waals surface area contributed by atoms with Crippen LogP contribution in [0.3, 0.4) is 0 Å². The van der Waals surface area contributed by atoms with Crippen molar-refractivity contribution in [2.45, 2.75) is 32.4 Å². The third-order valence-corrected chi connectivity index (χ3v) is 4.76. The average Bonchev–Trinajstić information content (AvgIpc) is 3.21. The van der Waals surface area contributed by atoms with E-state index in [2.05, 4.69) is 15.6 Å². The van der Waals surface area contributed by atoms with Crippen LogP contribution in [0.15, 0.2) is 41.9 Å². The van der Waals surface area contributed by atoms with E-state index in [-0.39, 0.29) is 5.92 Å². The molecule has 26 heavy (non-hydrogen) atoms. The number of hydrogen-bond acceptors (Lipinski definition) is 5. The zero-order valence-corrected chi connectivity index (χ0v) is 15.3. The smallest absolute Gasteiger partial charge is 0.322 e. The Bertz CT molecular complexity index is 792. The van der Waals surface area contributed by atoms with E-state index in [0.29, 0.717) is 17.1 Å². The van der Waals surface area contributed by atoms with Gasteiger partial charge in [-0.3, -0.25) is 9.59 Å². The summed E-state index contributed by atoms with van der Waals surface area (Å²) < 4.78 is 0. The molecule has 2 atom stereocenters. The van der Waals surface area contributed by atoms with Gasteiger partial charge in [0.15, 0.2) is 5.13 Å². The maximum absolute atomic E-state index is 12.9. The highest BCUT2D eigenvalue weighted by Gasteiger charge is 2.45. The first kappa shape index (κ1) is 18.1. The Morgan fingerprint density at radius 2 is 2.04 bits per heavy atom. The second kappa shape index (κ2) is 7.65. The van der Waals surface area contributed by atoms with Crippen LogP contribution in [0.25, 0.3) is 0 Å². The highest BCUT2D eigenvalue weighted by Crippen LogP contribution is 2.26. The van der Waals surface area contributed by atoms with Crippen molar-refractivity contribution in [2.24, 2.45) is 5.92 Å². The molecule has 4 amide bonds. The quantitative estimate of drug-likeness (QED) is 0.763. The number of benzene rings is 1. The van der Waals surface area contributed by atoms with E-state index in [9.17, 15) is 14.4 Å². The van der Waals surface area contributed by atoms with Crippen molar-refractivity contribution in [1.29, 1.82) is 0 Å². The van der Waals surface area contributed by atoms with E-state index in [1.54, 1.807) is 35.8 Å². The molecule has 1 saturated heterocycles. The summed E-state index contributed by atoms with van der Waals surface area (Å²) in [5, 5.41) is 7.56. The third kappa shape index (κ3) is 3.75. The molecular formula is C18H20N4O3S. The molecule has 1 aromatic heterocycles. The van der Waals surface area contributed by atoms with Crippen molar-refractivity contribution < 1.29 is 14.4 Å². The summed E-state index contributed by atoms with van der Waals surface area (Å²) in [6.45, 7) is 3.88. The van der Waals surface area contributed by atoms with Crippen LogP contribution in [0.2, 0.25) is 0 Å². The standard InChI is InChI=1S/C18H20N4O3S/c1-11(2)10-13(15(23)21-17-19-8-9-26-17)22-16(24)14(20-18(22)25)12-6-4-3-5-7-12/h3-9,11,13-14H,10H2,1-2H3,(H,20,25)(H,19,21,23)/t13-,14+/m1/s1. The molecule has 0 radical (unpaired) electrons. The van der Waals surface area contributed by atoms with Gasteiger partial charge in [-0.05, 0) is 17.9 Å². The molecule has 0 spiro atoms. The van der Waals surface area contributed by atoms with Crippen molar-refractivity contribution >= 4 is 34.3 Å². The van der Waals surface area contributed by atoms with Crippen molar-refractivity contribution in [1.82, 2.24) is 15.2 Å². The molecule has 136 valence electrons. The molecule has 0 unspecified atom stereocenters. The van der Waals surface area contributed by atoms with Gasteiger partial charge < -0.3 is 10.6 Å². The van der Waals surface area contributed by atoms with Crippen LogP contribution in [0.1, 0.15) is 31.9 Å². The lowest BCUT2D eigenvalue weighted by Gasteiger charge is -2.25. The molecule has 3 rings (SSSR count). The number of carbonyl (C=O) groups is 3. The van der Waals surface area contributed by atoms with Crippen LogP contribution in [-0.2, 0) is 9.59 Å². The van der Waals surface area contributed by atoms with Gasteiger partial charge >= 0.3 is 6.03 Å². The molecule has 8 heteroatoms. The van der Waals surface area contributed by atoms with Gasteiger partial charge in [0.2, 0.25) is 5.91 Å². The highest BCUT2D eigenvalue weighted by atomic mass is 32.1. The maximum Gasteiger partial charge on any atom is 0.325 e. The van der Waals surface area contributed by atoms with Crippen molar-refractivity contribution in [2.75, 3.05) is 5.32 Å². The Balaban J connectivity index is 1.84. The number of nitrogens with zero attached hydrogens (tertiary/aromatic N) is 2. The van der Waals surface area contributed by atoms with Gasteiger partial charge in [0.25, 0.3) is 5.91 Å².